The molecule has 144 valence electrons. The van der Waals surface area contributed by atoms with Crippen LogP contribution in [-0.4, -0.2) is 31.0 Å². The molecule has 1 unspecified atom stereocenters. The first kappa shape index (κ1) is 18.7. The van der Waals surface area contributed by atoms with Gasteiger partial charge in [0.1, 0.15) is 0 Å². The van der Waals surface area contributed by atoms with Gasteiger partial charge in [-0.2, -0.15) is 0 Å². The molecule has 0 aliphatic heterocycles. The number of benzene rings is 4. The van der Waals surface area contributed by atoms with Crippen molar-refractivity contribution in [2.45, 2.75) is 25.9 Å². The Hall–Kier alpha value is -2.62. The highest BCUT2D eigenvalue weighted by Crippen LogP contribution is 2.35. The molecule has 0 radical (unpaired) electrons. The van der Waals surface area contributed by atoms with E-state index >= 15 is 0 Å². The molecule has 28 heavy (non-hydrogen) atoms. The predicted molar refractivity (Wildman–Crippen MR) is 119 cm³/mol. The Kier molecular flexibility index (Phi) is 5.75. The second-order valence-corrected chi connectivity index (χ2v) is 7.31. The van der Waals surface area contributed by atoms with Gasteiger partial charge < -0.3 is 15.2 Å². The van der Waals surface area contributed by atoms with Gasteiger partial charge in [-0.15, -0.1) is 0 Å². The highest BCUT2D eigenvalue weighted by molar-refractivity contribution is 6.20. The van der Waals surface area contributed by atoms with Crippen LogP contribution in [0.25, 0.3) is 32.3 Å². The summed E-state index contributed by atoms with van der Waals surface area (Å²) >= 11 is 0. The van der Waals surface area contributed by atoms with E-state index in [0.29, 0.717) is 19.8 Å². The summed E-state index contributed by atoms with van der Waals surface area (Å²) < 4.78 is 5.55. The third kappa shape index (κ3) is 3.82. The van der Waals surface area contributed by atoms with Crippen LogP contribution >= 0.6 is 0 Å². The summed E-state index contributed by atoms with van der Waals surface area (Å²) in [6.45, 7) is 3.67. The minimum Gasteiger partial charge on any atom is -0.389 e. The molecule has 0 heterocycles. The summed E-state index contributed by atoms with van der Waals surface area (Å²) in [5, 5.41) is 21.1. The van der Waals surface area contributed by atoms with E-state index in [1.54, 1.807) is 0 Å². The van der Waals surface area contributed by atoms with Gasteiger partial charge in [0.25, 0.3) is 0 Å². The van der Waals surface area contributed by atoms with Gasteiger partial charge in [-0.1, -0.05) is 74.0 Å². The molecule has 3 nitrogen and oxygen atoms in total. The normalized spacial score (nSPS) is 12.6. The zero-order chi connectivity index (χ0) is 19.3. The van der Waals surface area contributed by atoms with Gasteiger partial charge in [0, 0.05) is 24.2 Å². The van der Waals surface area contributed by atoms with Crippen LogP contribution in [0.5, 0.6) is 0 Å². The Morgan fingerprint density at radius 3 is 2.39 bits per heavy atom. The average Bonchev–Trinajstić information content (AvgIpc) is 2.75. The van der Waals surface area contributed by atoms with Crippen molar-refractivity contribution in [3.8, 4) is 0 Å². The smallest absolute Gasteiger partial charge is 0.0945 e. The van der Waals surface area contributed by atoms with E-state index in [4.69, 9.17) is 4.74 Å². The molecule has 0 saturated heterocycles. The molecular weight excluding hydrogens is 346 g/mol. The van der Waals surface area contributed by atoms with Crippen molar-refractivity contribution in [1.82, 2.24) is 0 Å². The monoisotopic (exact) mass is 373 g/mol. The summed E-state index contributed by atoms with van der Waals surface area (Å²) in [6.07, 6.45) is 1.60. The zero-order valence-corrected chi connectivity index (χ0v) is 16.3. The highest BCUT2D eigenvalue weighted by atomic mass is 16.5. The second-order valence-electron chi connectivity index (χ2n) is 7.31. The number of fused-ring (bicyclic) bond motifs is 5. The number of hydrogen-bond acceptors (Lipinski definition) is 3. The summed E-state index contributed by atoms with van der Waals surface area (Å²) in [7, 11) is 0. The third-order valence-corrected chi connectivity index (χ3v) is 5.25. The maximum absolute atomic E-state index is 10.3. The number of rotatable bonds is 8. The minimum absolute atomic E-state index is 0.363. The number of ether oxygens (including phenoxy) is 1. The molecule has 4 aromatic carbocycles. The standard InChI is InChI=1S/C25H27NO2/c1-2-3-14-28-17-19(27)16-26-25-15-24-20-9-5-4-8-18(20)12-13-22(24)21-10-6-7-11-23(21)25/h4-13,15,19,26-27H,2-3,14,16-17H2,1H3. The highest BCUT2D eigenvalue weighted by Gasteiger charge is 2.10. The first-order valence-corrected chi connectivity index (χ1v) is 10.1. The van der Waals surface area contributed by atoms with Crippen LogP contribution in [0.4, 0.5) is 5.69 Å². The molecule has 0 aromatic heterocycles. The first-order valence-electron chi connectivity index (χ1n) is 10.1. The molecule has 0 amide bonds. The maximum Gasteiger partial charge on any atom is 0.0945 e. The number of aliphatic hydroxyl groups is 1. The van der Waals surface area contributed by atoms with Crippen LogP contribution in [0.3, 0.4) is 0 Å². The minimum atomic E-state index is -0.529. The lowest BCUT2D eigenvalue weighted by Crippen LogP contribution is -2.25. The van der Waals surface area contributed by atoms with Gasteiger partial charge in [0.2, 0.25) is 0 Å². The molecule has 0 saturated carbocycles. The topological polar surface area (TPSA) is 41.5 Å². The quantitative estimate of drug-likeness (QED) is 0.306. The van der Waals surface area contributed by atoms with Crippen LogP contribution in [0.2, 0.25) is 0 Å². The Morgan fingerprint density at radius 1 is 0.857 bits per heavy atom. The van der Waals surface area contributed by atoms with Crippen LogP contribution in [-0.2, 0) is 4.74 Å². The predicted octanol–water partition coefficient (Wildman–Crippen LogP) is 5.74. The Labute approximate surface area is 165 Å². The van der Waals surface area contributed by atoms with Crippen molar-refractivity contribution >= 4 is 38.0 Å². The van der Waals surface area contributed by atoms with Gasteiger partial charge in [0.05, 0.1) is 12.7 Å². The average molecular weight is 373 g/mol. The summed E-state index contributed by atoms with van der Waals surface area (Å²) in [5.41, 5.74) is 1.05. The number of unbranched alkanes of at least 4 members (excludes halogenated alkanes) is 1. The lowest BCUT2D eigenvalue weighted by atomic mass is 9.96. The third-order valence-electron chi connectivity index (χ3n) is 5.25. The Balaban J connectivity index is 1.67. The number of hydrogen-bond donors (Lipinski definition) is 2. The van der Waals surface area contributed by atoms with Gasteiger partial charge in [0.15, 0.2) is 0 Å². The Morgan fingerprint density at radius 2 is 1.57 bits per heavy atom. The van der Waals surface area contributed by atoms with Crippen LogP contribution in [0.1, 0.15) is 19.8 Å². The molecule has 0 spiro atoms. The van der Waals surface area contributed by atoms with E-state index < -0.39 is 6.10 Å². The van der Waals surface area contributed by atoms with Gasteiger partial charge in [-0.3, -0.25) is 0 Å². The van der Waals surface area contributed by atoms with Gasteiger partial charge in [-0.05, 0) is 39.4 Å². The molecule has 0 bridgehead atoms. The van der Waals surface area contributed by atoms with Crippen LogP contribution < -0.4 is 5.32 Å². The molecule has 2 N–H and O–H groups in total. The molecule has 4 aromatic rings. The molecule has 0 aliphatic carbocycles. The zero-order valence-electron chi connectivity index (χ0n) is 16.3. The molecule has 0 fully saturated rings. The van der Waals surface area contributed by atoms with Crippen molar-refractivity contribution in [2.75, 3.05) is 25.1 Å². The van der Waals surface area contributed by atoms with Gasteiger partial charge >= 0.3 is 0 Å². The van der Waals surface area contributed by atoms with Crippen molar-refractivity contribution in [3.05, 3.63) is 66.7 Å². The number of nitrogens with one attached hydrogen (secondary N) is 1. The van der Waals surface area contributed by atoms with Crippen molar-refractivity contribution in [1.29, 1.82) is 0 Å². The van der Waals surface area contributed by atoms with E-state index in [-0.39, 0.29) is 0 Å². The van der Waals surface area contributed by atoms with Crippen molar-refractivity contribution < 1.29 is 9.84 Å². The molecule has 4 rings (SSSR count). The lowest BCUT2D eigenvalue weighted by Gasteiger charge is -2.17. The van der Waals surface area contributed by atoms with Crippen LogP contribution in [0.15, 0.2) is 66.7 Å². The van der Waals surface area contributed by atoms with E-state index in [9.17, 15) is 5.11 Å². The molecule has 0 aliphatic rings. The van der Waals surface area contributed by atoms with E-state index in [0.717, 1.165) is 18.5 Å². The fourth-order valence-electron chi connectivity index (χ4n) is 3.76. The largest absolute Gasteiger partial charge is 0.389 e. The van der Waals surface area contributed by atoms with Gasteiger partial charge in [-0.25, -0.2) is 0 Å². The van der Waals surface area contributed by atoms with E-state index in [2.05, 4.69) is 79.0 Å². The fourth-order valence-corrected chi connectivity index (χ4v) is 3.76. The summed E-state index contributed by atoms with van der Waals surface area (Å²) in [6, 6.07) is 23.5. The first-order chi connectivity index (χ1) is 13.8. The second kappa shape index (κ2) is 8.59. The molecule has 3 heteroatoms. The molecule has 1 atom stereocenters. The number of anilines is 1. The van der Waals surface area contributed by atoms with Crippen molar-refractivity contribution in [2.24, 2.45) is 0 Å². The van der Waals surface area contributed by atoms with E-state index in [1.165, 1.54) is 32.3 Å². The summed E-state index contributed by atoms with van der Waals surface area (Å²) in [4.78, 5) is 0. The summed E-state index contributed by atoms with van der Waals surface area (Å²) in [5.74, 6) is 0. The number of aliphatic hydroxyl groups excluding tert-OH is 1. The van der Waals surface area contributed by atoms with Crippen molar-refractivity contribution in [3.63, 3.8) is 0 Å². The SMILES string of the molecule is CCCCOCC(O)CNc1cc2c3ccccc3ccc2c2ccccc12. The fraction of sp³-hybridized carbons (Fsp3) is 0.280. The Bertz CT molecular complexity index is 1090. The maximum atomic E-state index is 10.3. The molecular formula is C25H27NO2. The van der Waals surface area contributed by atoms with Crippen LogP contribution in [0, 0.1) is 0 Å². The van der Waals surface area contributed by atoms with E-state index in [1.807, 2.05) is 0 Å². The lowest BCUT2D eigenvalue weighted by molar-refractivity contribution is 0.0422.